The molecule has 10 heteroatoms. The van der Waals surface area contributed by atoms with Gasteiger partial charge in [0.25, 0.3) is 5.91 Å². The van der Waals surface area contributed by atoms with Gasteiger partial charge in [0.05, 0.1) is 23.0 Å². The van der Waals surface area contributed by atoms with Gasteiger partial charge in [-0.3, -0.25) is 14.9 Å². The molecule has 0 saturated heterocycles. The van der Waals surface area contributed by atoms with Crippen molar-refractivity contribution >= 4 is 34.6 Å². The first-order valence-electron chi connectivity index (χ1n) is 9.78. The normalized spacial score (nSPS) is 14.8. The molecule has 1 aliphatic rings. The van der Waals surface area contributed by atoms with Crippen molar-refractivity contribution < 1.29 is 19.1 Å². The number of carbonyl (C=O) groups excluding carboxylic acids is 2. The Balaban J connectivity index is 1.23. The van der Waals surface area contributed by atoms with Gasteiger partial charge in [0.2, 0.25) is 12.0 Å². The standard InChI is InChI=1S/C22H17N5O4S/c28-19(26-21(29)18-11-30-16-8-4-5-9-17(16)31-18)12-32-22-15-10-25-27(20(15)23-13-24-22)14-6-2-1-3-7-14/h1-10,13,18H,11-12H2,(H,26,28,29)/t18-/m1/s1. The number of aromatic nitrogens is 4. The number of nitrogens with one attached hydrogen (secondary N) is 1. The first-order chi connectivity index (χ1) is 15.7. The molecule has 4 aromatic rings. The third-order valence-corrected chi connectivity index (χ3v) is 5.74. The van der Waals surface area contributed by atoms with Crippen LogP contribution in [0.25, 0.3) is 16.7 Å². The number of hydrogen-bond donors (Lipinski definition) is 1. The summed E-state index contributed by atoms with van der Waals surface area (Å²) in [6.45, 7) is 0.0362. The fourth-order valence-corrected chi connectivity index (χ4v) is 3.99. The van der Waals surface area contributed by atoms with Crippen molar-refractivity contribution in [3.63, 3.8) is 0 Å². The van der Waals surface area contributed by atoms with E-state index in [1.807, 2.05) is 36.4 Å². The number of nitrogens with zero attached hydrogens (tertiary/aromatic N) is 4. The zero-order valence-electron chi connectivity index (χ0n) is 16.7. The summed E-state index contributed by atoms with van der Waals surface area (Å²) in [6.07, 6.45) is 2.20. The van der Waals surface area contributed by atoms with Crippen molar-refractivity contribution in [3.05, 3.63) is 67.1 Å². The topological polar surface area (TPSA) is 108 Å². The van der Waals surface area contributed by atoms with E-state index in [4.69, 9.17) is 9.47 Å². The monoisotopic (exact) mass is 447 g/mol. The van der Waals surface area contributed by atoms with Crippen LogP contribution in [0.5, 0.6) is 11.5 Å². The molecule has 5 rings (SSSR count). The number of ether oxygens (including phenoxy) is 2. The lowest BCUT2D eigenvalue weighted by atomic mass is 10.2. The van der Waals surface area contributed by atoms with Gasteiger partial charge in [0.15, 0.2) is 17.1 Å². The van der Waals surface area contributed by atoms with E-state index in [1.165, 1.54) is 18.1 Å². The van der Waals surface area contributed by atoms with E-state index in [2.05, 4.69) is 20.4 Å². The lowest BCUT2D eigenvalue weighted by Gasteiger charge is -2.25. The van der Waals surface area contributed by atoms with E-state index >= 15 is 0 Å². The molecule has 2 aromatic heterocycles. The average molecular weight is 447 g/mol. The molecule has 0 spiro atoms. The van der Waals surface area contributed by atoms with Gasteiger partial charge in [0, 0.05) is 0 Å². The van der Waals surface area contributed by atoms with Crippen LogP contribution in [0.4, 0.5) is 0 Å². The fourth-order valence-electron chi connectivity index (χ4n) is 3.23. The lowest BCUT2D eigenvalue weighted by Crippen LogP contribution is -2.46. The number of para-hydroxylation sites is 3. The number of hydrogen-bond acceptors (Lipinski definition) is 8. The summed E-state index contributed by atoms with van der Waals surface area (Å²) in [5.74, 6) is 0.0414. The summed E-state index contributed by atoms with van der Waals surface area (Å²) in [5, 5.41) is 8.08. The summed E-state index contributed by atoms with van der Waals surface area (Å²) in [6, 6.07) is 16.7. The maximum Gasteiger partial charge on any atom is 0.271 e. The van der Waals surface area contributed by atoms with Crippen molar-refractivity contribution in [3.8, 4) is 17.2 Å². The Morgan fingerprint density at radius 2 is 1.84 bits per heavy atom. The number of rotatable bonds is 5. The van der Waals surface area contributed by atoms with Crippen LogP contribution in [-0.2, 0) is 9.59 Å². The van der Waals surface area contributed by atoms with Crippen LogP contribution in [0.15, 0.2) is 72.1 Å². The summed E-state index contributed by atoms with van der Waals surface area (Å²) >= 11 is 1.20. The molecule has 1 atom stereocenters. The van der Waals surface area contributed by atoms with Crippen molar-refractivity contribution in [2.75, 3.05) is 12.4 Å². The molecule has 9 nitrogen and oxygen atoms in total. The van der Waals surface area contributed by atoms with Gasteiger partial charge < -0.3 is 9.47 Å². The van der Waals surface area contributed by atoms with Gasteiger partial charge in [0.1, 0.15) is 18.0 Å². The van der Waals surface area contributed by atoms with Gasteiger partial charge in [-0.2, -0.15) is 5.10 Å². The highest BCUT2D eigenvalue weighted by molar-refractivity contribution is 8.00. The summed E-state index contributed by atoms with van der Waals surface area (Å²) in [7, 11) is 0. The molecule has 0 bridgehead atoms. The van der Waals surface area contributed by atoms with E-state index < -0.39 is 17.9 Å². The van der Waals surface area contributed by atoms with E-state index in [9.17, 15) is 9.59 Å². The summed E-state index contributed by atoms with van der Waals surface area (Å²) in [5.41, 5.74) is 1.51. The third kappa shape index (κ3) is 4.00. The third-order valence-electron chi connectivity index (χ3n) is 4.73. The van der Waals surface area contributed by atoms with Crippen LogP contribution in [0.3, 0.4) is 0 Å². The van der Waals surface area contributed by atoms with Crippen LogP contribution in [0, 0.1) is 0 Å². The molecular weight excluding hydrogens is 430 g/mol. The minimum Gasteiger partial charge on any atom is -0.485 e. The molecule has 0 unspecified atom stereocenters. The molecule has 0 aliphatic carbocycles. The highest BCUT2D eigenvalue weighted by Gasteiger charge is 2.28. The number of carbonyl (C=O) groups is 2. The maximum absolute atomic E-state index is 12.4. The van der Waals surface area contributed by atoms with Gasteiger partial charge in [-0.05, 0) is 24.3 Å². The Morgan fingerprint density at radius 3 is 2.69 bits per heavy atom. The number of benzene rings is 2. The van der Waals surface area contributed by atoms with E-state index in [0.717, 1.165) is 11.1 Å². The van der Waals surface area contributed by atoms with E-state index in [0.29, 0.717) is 22.2 Å². The van der Waals surface area contributed by atoms with Crippen molar-refractivity contribution in [1.82, 2.24) is 25.1 Å². The predicted molar refractivity (Wildman–Crippen MR) is 117 cm³/mol. The molecule has 0 radical (unpaired) electrons. The first kappa shape index (κ1) is 20.0. The van der Waals surface area contributed by atoms with Crippen LogP contribution in [0.2, 0.25) is 0 Å². The lowest BCUT2D eigenvalue weighted by molar-refractivity contribution is -0.135. The average Bonchev–Trinajstić information content (AvgIpc) is 3.28. The Morgan fingerprint density at radius 1 is 1.06 bits per heavy atom. The Hall–Kier alpha value is -3.92. The zero-order chi connectivity index (χ0) is 21.9. The number of fused-ring (bicyclic) bond motifs is 2. The predicted octanol–water partition coefficient (Wildman–Crippen LogP) is 2.39. The molecule has 2 amide bonds. The molecule has 1 aliphatic heterocycles. The largest absolute Gasteiger partial charge is 0.485 e. The molecule has 160 valence electrons. The van der Waals surface area contributed by atoms with Crippen molar-refractivity contribution in [2.45, 2.75) is 11.1 Å². The highest BCUT2D eigenvalue weighted by Crippen LogP contribution is 2.31. The molecule has 3 heterocycles. The fraction of sp³-hybridized carbons (Fsp3) is 0.136. The van der Waals surface area contributed by atoms with Crippen molar-refractivity contribution in [1.29, 1.82) is 0 Å². The molecule has 0 fully saturated rings. The van der Waals surface area contributed by atoms with Crippen LogP contribution in [-0.4, -0.2) is 50.0 Å². The van der Waals surface area contributed by atoms with Crippen LogP contribution in [0.1, 0.15) is 0 Å². The number of imide groups is 1. The number of amides is 2. The summed E-state index contributed by atoms with van der Waals surface area (Å²) in [4.78, 5) is 33.4. The quantitative estimate of drug-likeness (QED) is 0.367. The smallest absolute Gasteiger partial charge is 0.271 e. The van der Waals surface area contributed by atoms with Gasteiger partial charge in [-0.1, -0.05) is 42.1 Å². The second-order valence-corrected chi connectivity index (χ2v) is 7.84. The van der Waals surface area contributed by atoms with Crippen LogP contribution >= 0.6 is 11.8 Å². The second kappa shape index (κ2) is 8.67. The molecule has 2 aromatic carbocycles. The first-order valence-corrected chi connectivity index (χ1v) is 10.8. The molecule has 1 N–H and O–H groups in total. The minimum atomic E-state index is -0.895. The van der Waals surface area contributed by atoms with Crippen LogP contribution < -0.4 is 14.8 Å². The van der Waals surface area contributed by atoms with Gasteiger partial charge >= 0.3 is 0 Å². The molecular formula is C22H17N5O4S. The minimum absolute atomic E-state index is 0.00145. The Labute approximate surface area is 186 Å². The number of thioether (sulfide) groups is 1. The van der Waals surface area contributed by atoms with Gasteiger partial charge in [-0.15, -0.1) is 0 Å². The Kier molecular flexibility index (Phi) is 5.42. The Bertz CT molecular complexity index is 1290. The molecule has 32 heavy (non-hydrogen) atoms. The second-order valence-electron chi connectivity index (χ2n) is 6.87. The van der Waals surface area contributed by atoms with Gasteiger partial charge in [-0.25, -0.2) is 14.6 Å². The van der Waals surface area contributed by atoms with E-state index in [-0.39, 0.29) is 12.4 Å². The zero-order valence-corrected chi connectivity index (χ0v) is 17.5. The summed E-state index contributed by atoms with van der Waals surface area (Å²) < 4.78 is 12.9. The van der Waals surface area contributed by atoms with Crippen molar-refractivity contribution in [2.24, 2.45) is 0 Å². The van der Waals surface area contributed by atoms with E-state index in [1.54, 1.807) is 29.1 Å². The molecule has 0 saturated carbocycles. The highest BCUT2D eigenvalue weighted by atomic mass is 32.2. The maximum atomic E-state index is 12.4. The SMILES string of the molecule is O=C(CSc1ncnc2c1cnn2-c1ccccc1)NC(=O)[C@H]1COc2ccccc2O1.